The summed E-state index contributed by atoms with van der Waals surface area (Å²) in [5.74, 6) is 0. The molecule has 1 aromatic carbocycles. The van der Waals surface area contributed by atoms with Crippen LogP contribution in [0.4, 0.5) is 0 Å². The predicted molar refractivity (Wildman–Crippen MR) is 101 cm³/mol. The number of methoxy groups -OCH3 is 1. The molecule has 2 atom stereocenters. The first kappa shape index (κ1) is 17.1. The van der Waals surface area contributed by atoms with E-state index in [1.807, 2.05) is 25.3 Å². The highest BCUT2D eigenvalue weighted by atomic mass is 35.5. The number of halogens is 1. The van der Waals surface area contributed by atoms with Gasteiger partial charge in [0, 0.05) is 41.7 Å². The Kier molecular flexibility index (Phi) is 4.61. The predicted octanol–water partition coefficient (Wildman–Crippen LogP) is 3.96. The van der Waals surface area contributed by atoms with Gasteiger partial charge in [0.1, 0.15) is 0 Å². The number of nitrogens with zero attached hydrogens (tertiary/aromatic N) is 1. The maximum Gasteiger partial charge on any atom is 0.252 e. The zero-order valence-electron chi connectivity index (χ0n) is 14.7. The number of hydrogen-bond acceptors (Lipinski definition) is 3. The van der Waals surface area contributed by atoms with Crippen molar-refractivity contribution in [3.05, 3.63) is 45.2 Å². The van der Waals surface area contributed by atoms with Crippen molar-refractivity contribution in [2.45, 2.75) is 44.8 Å². The highest BCUT2D eigenvalue weighted by molar-refractivity contribution is 6.31. The Morgan fingerprint density at radius 3 is 3.00 bits per heavy atom. The molecule has 25 heavy (non-hydrogen) atoms. The lowest BCUT2D eigenvalue weighted by molar-refractivity contribution is -0.0367. The smallest absolute Gasteiger partial charge is 0.252 e. The Morgan fingerprint density at radius 1 is 1.32 bits per heavy atom. The fourth-order valence-electron chi connectivity index (χ4n) is 4.91. The molecule has 1 aliphatic carbocycles. The molecule has 1 saturated carbocycles. The van der Waals surface area contributed by atoms with Gasteiger partial charge in [0.25, 0.3) is 5.56 Å². The van der Waals surface area contributed by atoms with E-state index in [9.17, 15) is 4.79 Å². The van der Waals surface area contributed by atoms with Gasteiger partial charge in [0.2, 0.25) is 0 Å². The first-order chi connectivity index (χ1) is 12.1. The van der Waals surface area contributed by atoms with Crippen LogP contribution in [0.3, 0.4) is 0 Å². The average Bonchev–Trinajstić information content (AvgIpc) is 2.97. The Labute approximate surface area is 153 Å². The highest BCUT2D eigenvalue weighted by Gasteiger charge is 2.45. The third-order valence-electron chi connectivity index (χ3n) is 6.07. The molecular formula is C20H25ClN2O2. The molecule has 2 aromatic rings. The van der Waals surface area contributed by atoms with Crippen molar-refractivity contribution in [2.24, 2.45) is 5.41 Å². The van der Waals surface area contributed by atoms with Crippen molar-refractivity contribution in [3.63, 3.8) is 0 Å². The number of H-pyrrole nitrogens is 1. The summed E-state index contributed by atoms with van der Waals surface area (Å²) >= 11 is 6.02. The number of piperidine rings is 1. The van der Waals surface area contributed by atoms with E-state index in [1.54, 1.807) is 6.07 Å². The molecule has 2 aliphatic rings. The van der Waals surface area contributed by atoms with E-state index in [2.05, 4.69) is 9.88 Å². The third-order valence-corrected chi connectivity index (χ3v) is 6.31. The molecule has 0 radical (unpaired) electrons. The summed E-state index contributed by atoms with van der Waals surface area (Å²) in [4.78, 5) is 17.9. The Balaban J connectivity index is 1.57. The summed E-state index contributed by atoms with van der Waals surface area (Å²) in [6.07, 6.45) is 6.46. The maximum absolute atomic E-state index is 12.5. The van der Waals surface area contributed by atoms with Crippen molar-refractivity contribution in [2.75, 3.05) is 20.2 Å². The molecule has 1 aliphatic heterocycles. The number of pyridine rings is 1. The summed E-state index contributed by atoms with van der Waals surface area (Å²) in [5.41, 5.74) is 1.90. The summed E-state index contributed by atoms with van der Waals surface area (Å²) in [7, 11) is 1.84. The molecule has 1 saturated heterocycles. The SMILES string of the molecule is CO[C@@H]1CCC[C@@]12CCCN(Cc1cc3ccc(Cl)cc3[nH]c1=O)C2. The molecule has 0 bridgehead atoms. The van der Waals surface area contributed by atoms with Gasteiger partial charge in [0.15, 0.2) is 0 Å². The Hall–Kier alpha value is -1.36. The zero-order chi connectivity index (χ0) is 17.4. The second kappa shape index (κ2) is 6.75. The van der Waals surface area contributed by atoms with Crippen LogP contribution < -0.4 is 5.56 Å². The van der Waals surface area contributed by atoms with Crippen LogP contribution in [0, 0.1) is 5.41 Å². The average molecular weight is 361 g/mol. The normalized spacial score (nSPS) is 27.4. The number of nitrogens with one attached hydrogen (secondary N) is 1. The molecule has 1 N–H and O–H groups in total. The largest absolute Gasteiger partial charge is 0.381 e. The van der Waals surface area contributed by atoms with Crippen LogP contribution in [0.5, 0.6) is 0 Å². The van der Waals surface area contributed by atoms with Crippen LogP contribution >= 0.6 is 11.6 Å². The van der Waals surface area contributed by atoms with Crippen LogP contribution in [0.15, 0.2) is 29.1 Å². The lowest BCUT2D eigenvalue weighted by atomic mass is 9.76. The van der Waals surface area contributed by atoms with E-state index in [0.717, 1.165) is 29.6 Å². The molecule has 134 valence electrons. The minimum atomic E-state index is -0.0101. The van der Waals surface area contributed by atoms with E-state index >= 15 is 0 Å². The Bertz CT molecular complexity index is 834. The molecule has 5 heteroatoms. The van der Waals surface area contributed by atoms with Gasteiger partial charge in [-0.15, -0.1) is 0 Å². The summed E-state index contributed by atoms with van der Waals surface area (Å²) in [6.45, 7) is 2.78. The van der Waals surface area contributed by atoms with Crippen LogP contribution in [-0.4, -0.2) is 36.2 Å². The molecule has 4 rings (SSSR count). The number of likely N-dealkylation sites (tertiary alicyclic amines) is 1. The molecule has 0 amide bonds. The number of benzene rings is 1. The summed E-state index contributed by atoms with van der Waals surface area (Å²) in [5, 5.41) is 1.67. The minimum Gasteiger partial charge on any atom is -0.381 e. The van der Waals surface area contributed by atoms with Gasteiger partial charge < -0.3 is 9.72 Å². The van der Waals surface area contributed by atoms with Gasteiger partial charge in [-0.05, 0) is 55.8 Å². The van der Waals surface area contributed by atoms with Crippen LogP contribution in [0.1, 0.15) is 37.7 Å². The van der Waals surface area contributed by atoms with Crippen LogP contribution in [0.2, 0.25) is 5.02 Å². The second-order valence-electron chi connectivity index (χ2n) is 7.65. The number of aromatic nitrogens is 1. The monoisotopic (exact) mass is 360 g/mol. The first-order valence-corrected chi connectivity index (χ1v) is 9.54. The van der Waals surface area contributed by atoms with E-state index < -0.39 is 0 Å². The third kappa shape index (κ3) is 3.23. The number of rotatable bonds is 3. The molecular weight excluding hydrogens is 336 g/mol. The number of aromatic amines is 1. The van der Waals surface area contributed by atoms with Gasteiger partial charge >= 0.3 is 0 Å². The molecule has 0 unspecified atom stereocenters. The molecule has 2 fully saturated rings. The fraction of sp³-hybridized carbons (Fsp3) is 0.550. The Morgan fingerprint density at radius 2 is 2.16 bits per heavy atom. The van der Waals surface area contributed by atoms with Gasteiger partial charge in [-0.25, -0.2) is 0 Å². The van der Waals surface area contributed by atoms with Crippen molar-refractivity contribution < 1.29 is 4.74 Å². The lowest BCUT2D eigenvalue weighted by Gasteiger charge is -2.43. The van der Waals surface area contributed by atoms with Crippen molar-refractivity contribution in [1.82, 2.24) is 9.88 Å². The van der Waals surface area contributed by atoms with E-state index in [4.69, 9.17) is 16.3 Å². The minimum absolute atomic E-state index is 0.0101. The topological polar surface area (TPSA) is 45.3 Å². The summed E-state index contributed by atoms with van der Waals surface area (Å²) < 4.78 is 5.79. The fourth-order valence-corrected chi connectivity index (χ4v) is 5.08. The number of fused-ring (bicyclic) bond motifs is 1. The second-order valence-corrected chi connectivity index (χ2v) is 8.08. The standard InChI is InChI=1S/C20H25ClN2O2/c1-25-18-4-2-7-20(18)8-3-9-23(13-20)12-15-10-14-5-6-16(21)11-17(14)22-19(15)24/h5-6,10-11,18H,2-4,7-9,12-13H2,1H3,(H,22,24)/t18-,20+/m1/s1. The molecule has 4 nitrogen and oxygen atoms in total. The van der Waals surface area contributed by atoms with Crippen molar-refractivity contribution in [3.8, 4) is 0 Å². The van der Waals surface area contributed by atoms with E-state index in [0.29, 0.717) is 17.7 Å². The quantitative estimate of drug-likeness (QED) is 0.901. The van der Waals surface area contributed by atoms with Crippen LogP contribution in [-0.2, 0) is 11.3 Å². The molecule has 1 spiro atoms. The van der Waals surface area contributed by atoms with Gasteiger partial charge in [-0.1, -0.05) is 24.1 Å². The molecule has 2 heterocycles. The lowest BCUT2D eigenvalue weighted by Crippen LogP contribution is -2.47. The van der Waals surface area contributed by atoms with Crippen LogP contribution in [0.25, 0.3) is 10.9 Å². The molecule has 1 aromatic heterocycles. The maximum atomic E-state index is 12.5. The van der Waals surface area contributed by atoms with E-state index in [-0.39, 0.29) is 11.0 Å². The van der Waals surface area contributed by atoms with E-state index in [1.165, 1.54) is 32.1 Å². The summed E-state index contributed by atoms with van der Waals surface area (Å²) in [6, 6.07) is 7.64. The van der Waals surface area contributed by atoms with Crippen molar-refractivity contribution >= 4 is 22.5 Å². The van der Waals surface area contributed by atoms with Gasteiger partial charge in [-0.2, -0.15) is 0 Å². The zero-order valence-corrected chi connectivity index (χ0v) is 15.4. The van der Waals surface area contributed by atoms with Crippen molar-refractivity contribution in [1.29, 1.82) is 0 Å². The number of hydrogen-bond donors (Lipinski definition) is 1. The first-order valence-electron chi connectivity index (χ1n) is 9.16. The number of ether oxygens (including phenoxy) is 1. The highest BCUT2D eigenvalue weighted by Crippen LogP contribution is 2.46. The van der Waals surface area contributed by atoms with Gasteiger partial charge in [-0.3, -0.25) is 9.69 Å². The van der Waals surface area contributed by atoms with Gasteiger partial charge in [0.05, 0.1) is 6.10 Å².